The Morgan fingerprint density at radius 1 is 0.380 bits per heavy atom. The number of rotatable bonds is 5. The summed E-state index contributed by atoms with van der Waals surface area (Å²) in [7, 11) is 0. The van der Waals surface area contributed by atoms with Crippen molar-refractivity contribution in [3.63, 3.8) is 0 Å². The Labute approximate surface area is 287 Å². The SMILES string of the molecule is c1ccc(-c2cc(-c3ccccc3-c3ccccn3)nc(-c3ccc(-c4cccc5c4oc4ccccc45)c4c3oc3ccccc34)n2)cc1. The van der Waals surface area contributed by atoms with Gasteiger partial charge in [-0.25, -0.2) is 9.97 Å². The molecule has 0 atom stereocenters. The van der Waals surface area contributed by atoms with Gasteiger partial charge in [0.25, 0.3) is 0 Å². The summed E-state index contributed by atoms with van der Waals surface area (Å²) in [6, 6.07) is 53.5. The van der Waals surface area contributed by atoms with Crippen molar-refractivity contribution in [1.82, 2.24) is 15.0 Å². The largest absolute Gasteiger partial charge is 0.455 e. The molecule has 0 aliphatic rings. The fourth-order valence-corrected chi connectivity index (χ4v) is 7.10. The number of pyridine rings is 1. The van der Waals surface area contributed by atoms with Crippen LogP contribution < -0.4 is 0 Å². The van der Waals surface area contributed by atoms with E-state index in [9.17, 15) is 0 Å². The Morgan fingerprint density at radius 3 is 1.82 bits per heavy atom. The van der Waals surface area contributed by atoms with Gasteiger partial charge in [-0.1, -0.05) is 121 Å². The Balaban J connectivity index is 1.25. The summed E-state index contributed by atoms with van der Waals surface area (Å²) in [5.74, 6) is 0.578. The molecule has 0 N–H and O–H groups in total. The number of nitrogens with zero attached hydrogens (tertiary/aromatic N) is 3. The monoisotopic (exact) mass is 641 g/mol. The minimum atomic E-state index is 0.578. The van der Waals surface area contributed by atoms with E-state index in [2.05, 4.69) is 83.8 Å². The zero-order chi connectivity index (χ0) is 33.0. The second kappa shape index (κ2) is 11.4. The fourth-order valence-electron chi connectivity index (χ4n) is 7.10. The zero-order valence-corrected chi connectivity index (χ0v) is 26.7. The maximum absolute atomic E-state index is 6.73. The molecule has 4 heterocycles. The highest BCUT2D eigenvalue weighted by Gasteiger charge is 2.22. The van der Waals surface area contributed by atoms with Gasteiger partial charge < -0.3 is 8.83 Å². The Hall–Kier alpha value is -6.85. The second-order valence-corrected chi connectivity index (χ2v) is 12.3. The van der Waals surface area contributed by atoms with Crippen LogP contribution in [-0.2, 0) is 0 Å². The van der Waals surface area contributed by atoms with E-state index in [1.807, 2.05) is 85.1 Å². The molecule has 0 fully saturated rings. The lowest BCUT2D eigenvalue weighted by Gasteiger charge is -2.13. The first-order valence-electron chi connectivity index (χ1n) is 16.6. The van der Waals surface area contributed by atoms with Gasteiger partial charge in [-0.3, -0.25) is 4.98 Å². The molecular weight excluding hydrogens is 615 g/mol. The number of fused-ring (bicyclic) bond motifs is 6. The Kier molecular flexibility index (Phi) is 6.42. The molecule has 0 aliphatic heterocycles. The maximum atomic E-state index is 6.73. The van der Waals surface area contributed by atoms with Crippen molar-refractivity contribution in [3.05, 3.63) is 164 Å². The van der Waals surface area contributed by atoms with E-state index in [4.69, 9.17) is 18.8 Å². The molecule has 6 aromatic carbocycles. The number of hydrogen-bond donors (Lipinski definition) is 0. The summed E-state index contributed by atoms with van der Waals surface area (Å²) in [6.45, 7) is 0. The average Bonchev–Trinajstić information content (AvgIpc) is 3.77. The van der Waals surface area contributed by atoms with Crippen LogP contribution in [0.1, 0.15) is 0 Å². The van der Waals surface area contributed by atoms with Gasteiger partial charge in [0.15, 0.2) is 5.82 Å². The summed E-state index contributed by atoms with van der Waals surface area (Å²) < 4.78 is 13.2. The molecule has 234 valence electrons. The number of benzene rings is 6. The lowest BCUT2D eigenvalue weighted by atomic mass is 9.95. The zero-order valence-electron chi connectivity index (χ0n) is 26.7. The van der Waals surface area contributed by atoms with Crippen LogP contribution in [0.15, 0.2) is 173 Å². The maximum Gasteiger partial charge on any atom is 0.164 e. The van der Waals surface area contributed by atoms with Crippen molar-refractivity contribution in [2.45, 2.75) is 0 Å². The van der Waals surface area contributed by atoms with Crippen LogP contribution in [0.5, 0.6) is 0 Å². The van der Waals surface area contributed by atoms with Crippen molar-refractivity contribution in [1.29, 1.82) is 0 Å². The van der Waals surface area contributed by atoms with E-state index in [1.54, 1.807) is 0 Å². The van der Waals surface area contributed by atoms with Gasteiger partial charge >= 0.3 is 0 Å². The molecule has 10 rings (SSSR count). The number of hydrogen-bond acceptors (Lipinski definition) is 5. The molecule has 0 aliphatic carbocycles. The summed E-state index contributed by atoms with van der Waals surface area (Å²) >= 11 is 0. The molecule has 0 saturated carbocycles. The lowest BCUT2D eigenvalue weighted by Crippen LogP contribution is -1.98. The molecule has 5 heteroatoms. The predicted molar refractivity (Wildman–Crippen MR) is 202 cm³/mol. The molecule has 0 spiro atoms. The van der Waals surface area contributed by atoms with E-state index in [-0.39, 0.29) is 0 Å². The van der Waals surface area contributed by atoms with Crippen LogP contribution in [-0.4, -0.2) is 15.0 Å². The molecular formula is C45H27N3O2. The van der Waals surface area contributed by atoms with Crippen LogP contribution >= 0.6 is 0 Å². The molecule has 0 unspecified atom stereocenters. The van der Waals surface area contributed by atoms with E-state index < -0.39 is 0 Å². The molecule has 0 bridgehead atoms. The average molecular weight is 642 g/mol. The summed E-state index contributed by atoms with van der Waals surface area (Å²) in [4.78, 5) is 15.1. The molecule has 4 aromatic heterocycles. The fraction of sp³-hybridized carbons (Fsp3) is 0. The number of para-hydroxylation sites is 3. The third-order valence-corrected chi connectivity index (χ3v) is 9.40. The molecule has 0 radical (unpaired) electrons. The lowest BCUT2D eigenvalue weighted by molar-refractivity contribution is 0.669. The highest BCUT2D eigenvalue weighted by molar-refractivity contribution is 6.19. The van der Waals surface area contributed by atoms with Gasteiger partial charge in [0, 0.05) is 50.0 Å². The van der Waals surface area contributed by atoms with Crippen molar-refractivity contribution >= 4 is 43.9 Å². The number of aromatic nitrogens is 3. The van der Waals surface area contributed by atoms with Gasteiger partial charge in [0.2, 0.25) is 0 Å². The van der Waals surface area contributed by atoms with E-state index >= 15 is 0 Å². The van der Waals surface area contributed by atoms with Gasteiger partial charge in [-0.15, -0.1) is 0 Å². The van der Waals surface area contributed by atoms with Gasteiger partial charge in [-0.2, -0.15) is 0 Å². The van der Waals surface area contributed by atoms with Crippen LogP contribution in [0.4, 0.5) is 0 Å². The third kappa shape index (κ3) is 4.52. The standard InChI is InChI=1S/C45H27N3O2/c1-2-13-28(14-3-1)38-27-39(30-16-5-4-15-29(30)37-21-10-11-26-46-37)48-45(47-38)36-25-24-32(42-35-18-7-9-23-41(35)50-44(36)42)34-20-12-19-33-31-17-6-8-22-40(31)49-43(33)34/h1-27H. The highest BCUT2D eigenvalue weighted by Crippen LogP contribution is 2.45. The first kappa shape index (κ1) is 28.2. The molecule has 5 nitrogen and oxygen atoms in total. The minimum Gasteiger partial charge on any atom is -0.455 e. The van der Waals surface area contributed by atoms with Crippen LogP contribution in [0.3, 0.4) is 0 Å². The second-order valence-electron chi connectivity index (χ2n) is 12.3. The summed E-state index contributed by atoms with van der Waals surface area (Å²) in [6.07, 6.45) is 1.82. The predicted octanol–water partition coefficient (Wildman–Crippen LogP) is 12.0. The normalized spacial score (nSPS) is 11.6. The molecule has 0 amide bonds. The first-order chi connectivity index (χ1) is 24.8. The van der Waals surface area contributed by atoms with Gasteiger partial charge in [0.1, 0.15) is 22.3 Å². The Bertz CT molecular complexity index is 2870. The molecule has 10 aromatic rings. The smallest absolute Gasteiger partial charge is 0.164 e. The topological polar surface area (TPSA) is 65.0 Å². The van der Waals surface area contributed by atoms with E-state index in [0.717, 1.165) is 94.3 Å². The van der Waals surface area contributed by atoms with Crippen molar-refractivity contribution in [2.75, 3.05) is 0 Å². The minimum absolute atomic E-state index is 0.578. The van der Waals surface area contributed by atoms with Crippen molar-refractivity contribution in [2.24, 2.45) is 0 Å². The molecule has 50 heavy (non-hydrogen) atoms. The van der Waals surface area contributed by atoms with Crippen LogP contribution in [0.25, 0.3) is 100 Å². The molecule has 0 saturated heterocycles. The van der Waals surface area contributed by atoms with E-state index in [1.165, 1.54) is 0 Å². The van der Waals surface area contributed by atoms with Crippen molar-refractivity contribution in [3.8, 4) is 56.3 Å². The highest BCUT2D eigenvalue weighted by atomic mass is 16.3. The van der Waals surface area contributed by atoms with Gasteiger partial charge in [-0.05, 0) is 42.0 Å². The van der Waals surface area contributed by atoms with Crippen LogP contribution in [0.2, 0.25) is 0 Å². The van der Waals surface area contributed by atoms with Crippen LogP contribution in [0, 0.1) is 0 Å². The Morgan fingerprint density at radius 2 is 1.00 bits per heavy atom. The first-order valence-corrected chi connectivity index (χ1v) is 16.6. The number of furan rings is 2. The summed E-state index contributed by atoms with van der Waals surface area (Å²) in [5, 5.41) is 4.19. The quantitative estimate of drug-likeness (QED) is 0.187. The van der Waals surface area contributed by atoms with E-state index in [0.29, 0.717) is 5.82 Å². The third-order valence-electron chi connectivity index (χ3n) is 9.40. The van der Waals surface area contributed by atoms with Gasteiger partial charge in [0.05, 0.1) is 22.6 Å². The summed E-state index contributed by atoms with van der Waals surface area (Å²) in [5.41, 5.74) is 11.6. The van der Waals surface area contributed by atoms with Crippen molar-refractivity contribution < 1.29 is 8.83 Å².